The molecule has 0 saturated carbocycles. The zero-order valence-corrected chi connectivity index (χ0v) is 18.8. The number of aryl methyl sites for hydroxylation is 1. The van der Waals surface area contributed by atoms with Gasteiger partial charge in [0.1, 0.15) is 10.6 Å². The maximum absolute atomic E-state index is 13.2. The quantitative estimate of drug-likeness (QED) is 0.651. The fourth-order valence-corrected chi connectivity index (χ4v) is 5.53. The molecule has 2 aliphatic rings. The number of anilines is 1. The van der Waals surface area contributed by atoms with Crippen molar-refractivity contribution in [2.45, 2.75) is 18.4 Å². The molecule has 31 heavy (non-hydrogen) atoms. The number of sulfonamides is 1. The third-order valence-electron chi connectivity index (χ3n) is 5.65. The summed E-state index contributed by atoms with van der Waals surface area (Å²) in [6, 6.07) is 7.15. The van der Waals surface area contributed by atoms with E-state index in [1.807, 2.05) is 19.1 Å². The van der Waals surface area contributed by atoms with Crippen molar-refractivity contribution in [2.24, 2.45) is 0 Å². The van der Waals surface area contributed by atoms with Gasteiger partial charge in [0.15, 0.2) is 0 Å². The number of ether oxygens (including phenoxy) is 2. The van der Waals surface area contributed by atoms with Crippen molar-refractivity contribution in [3.05, 3.63) is 41.7 Å². The van der Waals surface area contributed by atoms with Gasteiger partial charge in [-0.3, -0.25) is 4.90 Å². The molecule has 1 aromatic heterocycles. The number of benzene rings is 1. The minimum absolute atomic E-state index is 0.231. The molecule has 9 nitrogen and oxygen atoms in total. The highest BCUT2D eigenvalue weighted by atomic mass is 32.2. The number of piperazine rings is 1. The van der Waals surface area contributed by atoms with Crippen LogP contribution in [0.15, 0.2) is 35.4 Å². The van der Waals surface area contributed by atoms with Crippen LogP contribution in [0.3, 0.4) is 0 Å². The first-order valence-corrected chi connectivity index (χ1v) is 11.9. The summed E-state index contributed by atoms with van der Waals surface area (Å²) in [5.74, 6) is 1.11. The second-order valence-corrected chi connectivity index (χ2v) is 9.69. The summed E-state index contributed by atoms with van der Waals surface area (Å²) in [7, 11) is -2.11. The predicted octanol–water partition coefficient (Wildman–Crippen LogP) is 1.14. The zero-order valence-electron chi connectivity index (χ0n) is 18.0. The first-order chi connectivity index (χ1) is 15.0. The Morgan fingerprint density at radius 1 is 1.06 bits per heavy atom. The summed E-state index contributed by atoms with van der Waals surface area (Å²) in [5, 5.41) is 0. The second kappa shape index (κ2) is 9.47. The van der Waals surface area contributed by atoms with Gasteiger partial charge in [-0.05, 0) is 30.7 Å². The van der Waals surface area contributed by atoms with Crippen LogP contribution in [0.4, 0.5) is 5.95 Å². The Morgan fingerprint density at radius 2 is 1.81 bits per heavy atom. The fraction of sp³-hybridized carbons (Fsp3) is 0.524. The molecule has 2 fully saturated rings. The summed E-state index contributed by atoms with van der Waals surface area (Å²) in [4.78, 5) is 13.7. The van der Waals surface area contributed by atoms with Gasteiger partial charge in [0.05, 0.1) is 26.0 Å². The number of hydrogen-bond acceptors (Lipinski definition) is 8. The van der Waals surface area contributed by atoms with Crippen molar-refractivity contribution < 1.29 is 17.9 Å². The number of nitrogens with zero attached hydrogens (tertiary/aromatic N) is 5. The van der Waals surface area contributed by atoms with E-state index in [2.05, 4.69) is 14.8 Å². The lowest BCUT2D eigenvalue weighted by Crippen LogP contribution is -2.48. The molecule has 2 aliphatic heterocycles. The Morgan fingerprint density at radius 3 is 2.52 bits per heavy atom. The van der Waals surface area contributed by atoms with Crippen molar-refractivity contribution in [3.63, 3.8) is 0 Å². The maximum atomic E-state index is 13.2. The zero-order chi connectivity index (χ0) is 21.8. The highest BCUT2D eigenvalue weighted by Crippen LogP contribution is 2.28. The smallest absolute Gasteiger partial charge is 0.246 e. The number of hydrogen-bond donors (Lipinski definition) is 0. The minimum atomic E-state index is -3.61. The van der Waals surface area contributed by atoms with Gasteiger partial charge in [0.2, 0.25) is 16.0 Å². The molecule has 2 saturated heterocycles. The normalized spacial score (nSPS) is 18.8. The van der Waals surface area contributed by atoms with Crippen LogP contribution in [0.5, 0.6) is 5.75 Å². The molecular weight excluding hydrogens is 418 g/mol. The molecule has 1 aromatic carbocycles. The van der Waals surface area contributed by atoms with Crippen LogP contribution in [0.2, 0.25) is 0 Å². The molecule has 0 spiro atoms. The average Bonchev–Trinajstić information content (AvgIpc) is 2.80. The summed E-state index contributed by atoms with van der Waals surface area (Å²) >= 11 is 0. The summed E-state index contributed by atoms with van der Waals surface area (Å²) in [6.07, 6.45) is 1.79. The van der Waals surface area contributed by atoms with E-state index in [0.29, 0.717) is 51.7 Å². The number of morpholine rings is 1. The highest BCUT2D eigenvalue weighted by molar-refractivity contribution is 7.89. The molecule has 0 aliphatic carbocycles. The van der Waals surface area contributed by atoms with Gasteiger partial charge in [0.25, 0.3) is 0 Å². The highest BCUT2D eigenvalue weighted by Gasteiger charge is 2.31. The van der Waals surface area contributed by atoms with Gasteiger partial charge >= 0.3 is 0 Å². The molecule has 0 unspecified atom stereocenters. The second-order valence-electron chi connectivity index (χ2n) is 7.78. The molecule has 3 heterocycles. The lowest BCUT2D eigenvalue weighted by atomic mass is 10.2. The van der Waals surface area contributed by atoms with Crippen LogP contribution >= 0.6 is 0 Å². The lowest BCUT2D eigenvalue weighted by Gasteiger charge is -2.34. The van der Waals surface area contributed by atoms with E-state index in [-0.39, 0.29) is 4.90 Å². The van der Waals surface area contributed by atoms with Crippen LogP contribution in [0, 0.1) is 6.92 Å². The summed E-state index contributed by atoms with van der Waals surface area (Å²) in [5.41, 5.74) is 1.82. The van der Waals surface area contributed by atoms with Gasteiger partial charge in [0, 0.05) is 52.0 Å². The number of methoxy groups -OCH3 is 1. The van der Waals surface area contributed by atoms with E-state index in [4.69, 9.17) is 14.5 Å². The van der Waals surface area contributed by atoms with Crippen LogP contribution in [0.25, 0.3) is 0 Å². The monoisotopic (exact) mass is 447 g/mol. The maximum Gasteiger partial charge on any atom is 0.246 e. The van der Waals surface area contributed by atoms with Crippen molar-refractivity contribution in [3.8, 4) is 5.75 Å². The van der Waals surface area contributed by atoms with Crippen molar-refractivity contribution in [1.82, 2.24) is 19.2 Å². The standard InChI is InChI=1S/C21H29N5O4S/c1-17-3-4-19(29-2)20(15-17)31(27,28)26-9-7-24(8-10-26)16-18-5-6-22-21(23-18)25-11-13-30-14-12-25/h3-6,15H,7-14,16H2,1-2H3. The van der Waals surface area contributed by atoms with E-state index in [1.165, 1.54) is 7.11 Å². The first kappa shape index (κ1) is 21.9. The van der Waals surface area contributed by atoms with Crippen molar-refractivity contribution in [2.75, 3.05) is 64.5 Å². The summed E-state index contributed by atoms with van der Waals surface area (Å²) in [6.45, 7) is 7.66. The molecule has 0 atom stereocenters. The van der Waals surface area contributed by atoms with E-state index >= 15 is 0 Å². The Bertz CT molecular complexity index is 1000. The first-order valence-electron chi connectivity index (χ1n) is 10.5. The van der Waals surface area contributed by atoms with Crippen molar-refractivity contribution >= 4 is 16.0 Å². The topological polar surface area (TPSA) is 88.1 Å². The Kier molecular flexibility index (Phi) is 6.71. The fourth-order valence-electron chi connectivity index (χ4n) is 3.87. The minimum Gasteiger partial charge on any atom is -0.495 e. The molecule has 168 valence electrons. The van der Waals surface area contributed by atoms with Crippen molar-refractivity contribution in [1.29, 1.82) is 0 Å². The van der Waals surface area contributed by atoms with Crippen LogP contribution in [0.1, 0.15) is 11.3 Å². The van der Waals surface area contributed by atoms with Gasteiger partial charge in [-0.1, -0.05) is 6.07 Å². The molecule has 10 heteroatoms. The predicted molar refractivity (Wildman–Crippen MR) is 117 cm³/mol. The van der Waals surface area contributed by atoms with Gasteiger partial charge < -0.3 is 14.4 Å². The molecule has 4 rings (SSSR count). The molecule has 0 radical (unpaired) electrons. The third-order valence-corrected chi connectivity index (χ3v) is 7.57. The van der Waals surface area contributed by atoms with E-state index in [1.54, 1.807) is 22.6 Å². The molecule has 2 aromatic rings. The average molecular weight is 448 g/mol. The van der Waals surface area contributed by atoms with Gasteiger partial charge in [-0.25, -0.2) is 18.4 Å². The van der Waals surface area contributed by atoms with Gasteiger partial charge in [-0.2, -0.15) is 4.31 Å². The molecule has 0 bridgehead atoms. The Hall–Kier alpha value is -2.27. The molecular formula is C21H29N5O4S. The largest absolute Gasteiger partial charge is 0.495 e. The SMILES string of the molecule is COc1ccc(C)cc1S(=O)(=O)N1CCN(Cc2ccnc(N3CCOCC3)n2)CC1. The van der Waals surface area contributed by atoms with Gasteiger partial charge in [-0.15, -0.1) is 0 Å². The third kappa shape index (κ3) is 4.98. The van der Waals surface area contributed by atoms with Crippen LogP contribution in [-0.4, -0.2) is 87.2 Å². The van der Waals surface area contributed by atoms with E-state index < -0.39 is 10.0 Å². The number of aromatic nitrogens is 2. The van der Waals surface area contributed by atoms with E-state index in [0.717, 1.165) is 30.3 Å². The Balaban J connectivity index is 1.39. The van der Waals surface area contributed by atoms with Crippen LogP contribution in [-0.2, 0) is 21.3 Å². The molecule has 0 N–H and O–H groups in total. The van der Waals surface area contributed by atoms with E-state index in [9.17, 15) is 8.42 Å². The Labute approximate surface area is 183 Å². The molecule has 0 amide bonds. The summed E-state index contributed by atoms with van der Waals surface area (Å²) < 4.78 is 38.6. The number of rotatable bonds is 6. The lowest BCUT2D eigenvalue weighted by molar-refractivity contribution is 0.122. The van der Waals surface area contributed by atoms with Crippen LogP contribution < -0.4 is 9.64 Å².